The smallest absolute Gasteiger partial charge is 0.222 e. The first-order valence-electron chi connectivity index (χ1n) is 6.29. The Balaban J connectivity index is 2.23. The molecule has 106 valence electrons. The van der Waals surface area contributed by atoms with Crippen molar-refractivity contribution >= 4 is 29.3 Å². The number of aliphatic hydroxyl groups is 1. The van der Waals surface area contributed by atoms with Gasteiger partial charge in [0.2, 0.25) is 5.91 Å². The summed E-state index contributed by atoms with van der Waals surface area (Å²) in [6, 6.07) is 7.58. The standard InChI is InChI=1S/C14H20ClNO2S/c1-11(10-17)16(2)14(18)4-3-9-19-13-7-5-12(15)6-8-13/h5-8,11,17H,3-4,9-10H2,1-2H3. The average Bonchev–Trinajstić information content (AvgIpc) is 2.43. The maximum absolute atomic E-state index is 11.8. The summed E-state index contributed by atoms with van der Waals surface area (Å²) in [4.78, 5) is 14.6. The molecule has 0 radical (unpaired) electrons. The van der Waals surface area contributed by atoms with Crippen LogP contribution in [0.4, 0.5) is 0 Å². The maximum Gasteiger partial charge on any atom is 0.222 e. The Bertz CT molecular complexity index is 397. The molecule has 0 saturated heterocycles. The van der Waals surface area contributed by atoms with Crippen LogP contribution in [0, 0.1) is 0 Å². The van der Waals surface area contributed by atoms with E-state index in [1.54, 1.807) is 23.7 Å². The molecule has 19 heavy (non-hydrogen) atoms. The number of thioether (sulfide) groups is 1. The lowest BCUT2D eigenvalue weighted by molar-refractivity contribution is -0.132. The number of carbonyl (C=O) groups excluding carboxylic acids is 1. The Morgan fingerprint density at radius 1 is 1.42 bits per heavy atom. The molecule has 0 spiro atoms. The lowest BCUT2D eigenvalue weighted by Crippen LogP contribution is -2.37. The summed E-state index contributed by atoms with van der Waals surface area (Å²) in [5.74, 6) is 0.979. The fourth-order valence-electron chi connectivity index (χ4n) is 1.49. The lowest BCUT2D eigenvalue weighted by Gasteiger charge is -2.23. The Morgan fingerprint density at radius 3 is 2.63 bits per heavy atom. The second-order valence-electron chi connectivity index (χ2n) is 4.44. The van der Waals surface area contributed by atoms with Gasteiger partial charge in [-0.1, -0.05) is 11.6 Å². The van der Waals surface area contributed by atoms with Crippen molar-refractivity contribution in [1.29, 1.82) is 0 Å². The number of carbonyl (C=O) groups is 1. The molecule has 1 atom stereocenters. The molecule has 1 amide bonds. The minimum Gasteiger partial charge on any atom is -0.394 e. The van der Waals surface area contributed by atoms with E-state index in [9.17, 15) is 4.79 Å². The molecular formula is C14H20ClNO2S. The molecule has 0 heterocycles. The molecule has 0 aromatic heterocycles. The molecule has 0 aliphatic carbocycles. The number of halogens is 1. The molecule has 0 aliphatic rings. The van der Waals surface area contributed by atoms with E-state index in [-0.39, 0.29) is 18.6 Å². The maximum atomic E-state index is 11.8. The van der Waals surface area contributed by atoms with Crippen LogP contribution in [0.3, 0.4) is 0 Å². The second kappa shape index (κ2) is 8.46. The predicted molar refractivity (Wildman–Crippen MR) is 80.7 cm³/mol. The van der Waals surface area contributed by atoms with E-state index in [0.29, 0.717) is 6.42 Å². The summed E-state index contributed by atoms with van der Waals surface area (Å²) in [5, 5.41) is 9.72. The molecule has 0 bridgehead atoms. The van der Waals surface area contributed by atoms with Gasteiger partial charge in [0.15, 0.2) is 0 Å². The van der Waals surface area contributed by atoms with Gasteiger partial charge in [-0.25, -0.2) is 0 Å². The number of aliphatic hydroxyl groups excluding tert-OH is 1. The summed E-state index contributed by atoms with van der Waals surface area (Å²) in [7, 11) is 1.73. The van der Waals surface area contributed by atoms with Gasteiger partial charge < -0.3 is 10.0 Å². The molecule has 0 saturated carbocycles. The third kappa shape index (κ3) is 5.85. The molecule has 1 N–H and O–H groups in total. The van der Waals surface area contributed by atoms with Crippen LogP contribution in [-0.4, -0.2) is 41.4 Å². The average molecular weight is 302 g/mol. The molecule has 1 aromatic carbocycles. The Kier molecular flexibility index (Phi) is 7.28. The number of likely N-dealkylation sites (N-methyl/N-ethyl adjacent to an activating group) is 1. The second-order valence-corrected chi connectivity index (χ2v) is 6.05. The fourth-order valence-corrected chi connectivity index (χ4v) is 2.47. The fraction of sp³-hybridized carbons (Fsp3) is 0.500. The van der Waals surface area contributed by atoms with E-state index in [1.165, 1.54) is 0 Å². The number of amides is 1. The van der Waals surface area contributed by atoms with Gasteiger partial charge in [-0.2, -0.15) is 0 Å². The highest BCUT2D eigenvalue weighted by molar-refractivity contribution is 7.99. The van der Waals surface area contributed by atoms with E-state index in [4.69, 9.17) is 16.7 Å². The van der Waals surface area contributed by atoms with Gasteiger partial charge in [-0.05, 0) is 43.4 Å². The van der Waals surface area contributed by atoms with Crippen molar-refractivity contribution in [2.75, 3.05) is 19.4 Å². The summed E-state index contributed by atoms with van der Waals surface area (Å²) in [6.45, 7) is 1.84. The van der Waals surface area contributed by atoms with E-state index in [1.807, 2.05) is 31.2 Å². The molecular weight excluding hydrogens is 282 g/mol. The van der Waals surface area contributed by atoms with Crippen molar-refractivity contribution in [3.63, 3.8) is 0 Å². The minimum atomic E-state index is -0.114. The first-order chi connectivity index (χ1) is 9.04. The largest absolute Gasteiger partial charge is 0.394 e. The van der Waals surface area contributed by atoms with Crippen molar-refractivity contribution in [2.24, 2.45) is 0 Å². The van der Waals surface area contributed by atoms with Gasteiger partial charge in [-0.3, -0.25) is 4.79 Å². The van der Waals surface area contributed by atoms with Gasteiger partial charge in [0, 0.05) is 23.4 Å². The highest BCUT2D eigenvalue weighted by atomic mass is 35.5. The molecule has 5 heteroatoms. The third-order valence-corrected chi connectivity index (χ3v) is 4.29. The number of benzene rings is 1. The summed E-state index contributed by atoms with van der Waals surface area (Å²) >= 11 is 7.53. The summed E-state index contributed by atoms with van der Waals surface area (Å²) < 4.78 is 0. The SMILES string of the molecule is CC(CO)N(C)C(=O)CCCSc1ccc(Cl)cc1. The number of nitrogens with zero attached hydrogens (tertiary/aromatic N) is 1. The topological polar surface area (TPSA) is 40.5 Å². The van der Waals surface area contributed by atoms with Crippen LogP contribution in [0.1, 0.15) is 19.8 Å². The predicted octanol–water partition coefficient (Wildman–Crippen LogP) is 3.05. The number of hydrogen-bond acceptors (Lipinski definition) is 3. The van der Waals surface area contributed by atoms with Gasteiger partial charge in [0.25, 0.3) is 0 Å². The van der Waals surface area contributed by atoms with Crippen LogP contribution < -0.4 is 0 Å². The minimum absolute atomic E-state index is 0.00175. The molecule has 1 rings (SSSR count). The van der Waals surface area contributed by atoms with Crippen molar-refractivity contribution in [3.05, 3.63) is 29.3 Å². The van der Waals surface area contributed by atoms with Gasteiger partial charge >= 0.3 is 0 Å². The highest BCUT2D eigenvalue weighted by Gasteiger charge is 2.13. The zero-order valence-electron chi connectivity index (χ0n) is 11.3. The van der Waals surface area contributed by atoms with Gasteiger partial charge in [-0.15, -0.1) is 11.8 Å². The van der Waals surface area contributed by atoms with Crippen LogP contribution in [0.2, 0.25) is 5.02 Å². The molecule has 0 fully saturated rings. The van der Waals surface area contributed by atoms with E-state index < -0.39 is 0 Å². The molecule has 1 aromatic rings. The third-order valence-electron chi connectivity index (χ3n) is 2.94. The Labute approximate surface area is 123 Å². The van der Waals surface area contributed by atoms with Gasteiger partial charge in [0.1, 0.15) is 0 Å². The first kappa shape index (κ1) is 16.3. The number of hydrogen-bond donors (Lipinski definition) is 1. The van der Waals surface area contributed by atoms with Crippen molar-refractivity contribution in [3.8, 4) is 0 Å². The summed E-state index contributed by atoms with van der Waals surface area (Å²) in [5.41, 5.74) is 0. The molecule has 0 aliphatic heterocycles. The van der Waals surface area contributed by atoms with Crippen LogP contribution >= 0.6 is 23.4 Å². The normalized spacial score (nSPS) is 12.2. The Morgan fingerprint density at radius 2 is 2.05 bits per heavy atom. The number of rotatable bonds is 7. The van der Waals surface area contributed by atoms with Crippen LogP contribution in [0.25, 0.3) is 0 Å². The van der Waals surface area contributed by atoms with Crippen LogP contribution in [0.15, 0.2) is 29.2 Å². The highest BCUT2D eigenvalue weighted by Crippen LogP contribution is 2.21. The molecule has 1 unspecified atom stereocenters. The monoisotopic (exact) mass is 301 g/mol. The van der Waals surface area contributed by atoms with E-state index >= 15 is 0 Å². The lowest BCUT2D eigenvalue weighted by atomic mass is 10.2. The quantitative estimate of drug-likeness (QED) is 0.621. The Hall–Kier alpha value is -0.710. The first-order valence-corrected chi connectivity index (χ1v) is 7.66. The zero-order valence-corrected chi connectivity index (χ0v) is 12.9. The van der Waals surface area contributed by atoms with Crippen molar-refractivity contribution < 1.29 is 9.90 Å². The molecule has 3 nitrogen and oxygen atoms in total. The van der Waals surface area contributed by atoms with Crippen LogP contribution in [0.5, 0.6) is 0 Å². The zero-order chi connectivity index (χ0) is 14.3. The van der Waals surface area contributed by atoms with Crippen LogP contribution in [-0.2, 0) is 4.79 Å². The van der Waals surface area contributed by atoms with Crippen molar-refractivity contribution in [1.82, 2.24) is 4.90 Å². The van der Waals surface area contributed by atoms with E-state index in [2.05, 4.69) is 0 Å². The van der Waals surface area contributed by atoms with Crippen molar-refractivity contribution in [2.45, 2.75) is 30.7 Å². The van der Waals surface area contributed by atoms with Gasteiger partial charge in [0.05, 0.1) is 12.6 Å². The summed E-state index contributed by atoms with van der Waals surface area (Å²) in [6.07, 6.45) is 1.34. The van der Waals surface area contributed by atoms with E-state index in [0.717, 1.165) is 22.1 Å².